The van der Waals surface area contributed by atoms with Gasteiger partial charge in [-0.1, -0.05) is 60.7 Å². The highest BCUT2D eigenvalue weighted by molar-refractivity contribution is 5.92. The van der Waals surface area contributed by atoms with Crippen LogP contribution in [-0.2, 0) is 15.0 Å². The average Bonchev–Trinajstić information content (AvgIpc) is 3.68. The zero-order valence-corrected chi connectivity index (χ0v) is 17.3. The van der Waals surface area contributed by atoms with E-state index in [9.17, 15) is 9.59 Å². The van der Waals surface area contributed by atoms with Crippen molar-refractivity contribution in [3.05, 3.63) is 71.8 Å². The summed E-state index contributed by atoms with van der Waals surface area (Å²) in [5, 5.41) is 0. The first-order valence-electron chi connectivity index (χ1n) is 11.3. The molecule has 2 amide bonds. The van der Waals surface area contributed by atoms with Crippen LogP contribution in [0.25, 0.3) is 0 Å². The molecule has 30 heavy (non-hydrogen) atoms. The molecule has 0 aromatic heterocycles. The number of carbonyl (C=O) groups excluding carboxylic acids is 2. The van der Waals surface area contributed by atoms with E-state index in [1.807, 2.05) is 24.3 Å². The lowest BCUT2D eigenvalue weighted by molar-refractivity contribution is -0.146. The molecule has 2 aromatic rings. The van der Waals surface area contributed by atoms with Gasteiger partial charge in [-0.2, -0.15) is 0 Å². The smallest absolute Gasteiger partial charge is 0.233 e. The number of hydrogen-bond acceptors (Lipinski definition) is 2. The van der Waals surface area contributed by atoms with Crippen molar-refractivity contribution in [1.29, 1.82) is 0 Å². The number of benzene rings is 2. The minimum atomic E-state index is -0.308. The van der Waals surface area contributed by atoms with E-state index < -0.39 is 0 Å². The Morgan fingerprint density at radius 1 is 0.833 bits per heavy atom. The van der Waals surface area contributed by atoms with Gasteiger partial charge in [-0.25, -0.2) is 0 Å². The molecule has 1 spiro atoms. The Balaban J connectivity index is 1.15. The maximum atomic E-state index is 13.6. The molecule has 1 aliphatic heterocycles. The van der Waals surface area contributed by atoms with Crippen LogP contribution in [0.15, 0.2) is 60.7 Å². The average molecular weight is 401 g/mol. The molecule has 0 bridgehead atoms. The third kappa shape index (κ3) is 2.80. The van der Waals surface area contributed by atoms with E-state index in [4.69, 9.17) is 0 Å². The molecule has 6 rings (SSSR count). The van der Waals surface area contributed by atoms with Crippen LogP contribution in [0.4, 0.5) is 0 Å². The van der Waals surface area contributed by atoms with E-state index in [2.05, 4.69) is 46.2 Å². The van der Waals surface area contributed by atoms with Gasteiger partial charge in [-0.15, -0.1) is 0 Å². The summed E-state index contributed by atoms with van der Waals surface area (Å²) >= 11 is 0. The van der Waals surface area contributed by atoms with E-state index in [0.29, 0.717) is 30.8 Å². The SMILES string of the molecule is O=C(C1CC1c1ccccc1)N1CCN(C(=O)C2(c3ccccc3)CC2)C2(CC2)C1. The topological polar surface area (TPSA) is 40.6 Å². The summed E-state index contributed by atoms with van der Waals surface area (Å²) < 4.78 is 0. The number of rotatable bonds is 4. The third-order valence-corrected chi connectivity index (χ3v) is 7.86. The summed E-state index contributed by atoms with van der Waals surface area (Å²) in [5.41, 5.74) is 2.03. The fourth-order valence-electron chi connectivity index (χ4n) is 5.59. The van der Waals surface area contributed by atoms with Crippen LogP contribution in [0.5, 0.6) is 0 Å². The summed E-state index contributed by atoms with van der Waals surface area (Å²) in [4.78, 5) is 31.0. The summed E-state index contributed by atoms with van der Waals surface area (Å²) in [6, 6.07) is 20.7. The first kappa shape index (κ1) is 18.2. The number of carbonyl (C=O) groups is 2. The molecule has 2 aromatic carbocycles. The zero-order chi connectivity index (χ0) is 20.3. The zero-order valence-electron chi connectivity index (χ0n) is 17.3. The van der Waals surface area contributed by atoms with E-state index >= 15 is 0 Å². The number of hydrogen-bond donors (Lipinski definition) is 0. The molecule has 4 heteroatoms. The normalized spacial score (nSPS) is 27.6. The Bertz CT molecular complexity index is 979. The molecular weight excluding hydrogens is 372 g/mol. The predicted octanol–water partition coefficient (Wildman–Crippen LogP) is 3.73. The van der Waals surface area contributed by atoms with Gasteiger partial charge in [0, 0.05) is 25.6 Å². The highest BCUT2D eigenvalue weighted by atomic mass is 16.2. The van der Waals surface area contributed by atoms with Crippen LogP contribution in [0, 0.1) is 5.92 Å². The first-order chi connectivity index (χ1) is 14.6. The van der Waals surface area contributed by atoms with Gasteiger partial charge in [0.1, 0.15) is 0 Å². The Morgan fingerprint density at radius 3 is 2.13 bits per heavy atom. The molecule has 3 saturated carbocycles. The largest absolute Gasteiger partial charge is 0.338 e. The van der Waals surface area contributed by atoms with Gasteiger partial charge in [0.05, 0.1) is 11.0 Å². The Hall–Kier alpha value is -2.62. The van der Waals surface area contributed by atoms with Crippen molar-refractivity contribution in [2.75, 3.05) is 19.6 Å². The summed E-state index contributed by atoms with van der Waals surface area (Å²) in [5.74, 6) is 1.10. The Morgan fingerprint density at radius 2 is 1.50 bits per heavy atom. The molecule has 3 aliphatic carbocycles. The van der Waals surface area contributed by atoms with Gasteiger partial charge in [-0.3, -0.25) is 9.59 Å². The Kier molecular flexibility index (Phi) is 3.90. The second-order valence-electron chi connectivity index (χ2n) is 9.75. The number of amides is 2. The lowest BCUT2D eigenvalue weighted by Crippen LogP contribution is -2.60. The van der Waals surface area contributed by atoms with E-state index in [0.717, 1.165) is 44.2 Å². The fraction of sp³-hybridized carbons (Fsp3) is 0.462. The quantitative estimate of drug-likeness (QED) is 0.785. The fourth-order valence-corrected chi connectivity index (χ4v) is 5.59. The predicted molar refractivity (Wildman–Crippen MR) is 115 cm³/mol. The minimum Gasteiger partial charge on any atom is -0.338 e. The summed E-state index contributed by atoms with van der Waals surface area (Å²) in [6.45, 7) is 2.08. The van der Waals surface area contributed by atoms with Crippen LogP contribution in [0.1, 0.15) is 49.1 Å². The van der Waals surface area contributed by atoms with Crippen LogP contribution in [0.2, 0.25) is 0 Å². The molecule has 4 nitrogen and oxygen atoms in total. The second kappa shape index (κ2) is 6.44. The molecule has 2 atom stereocenters. The van der Waals surface area contributed by atoms with Gasteiger partial charge in [0.2, 0.25) is 11.8 Å². The van der Waals surface area contributed by atoms with E-state index in [-0.39, 0.29) is 16.9 Å². The maximum Gasteiger partial charge on any atom is 0.233 e. The highest BCUT2D eigenvalue weighted by Crippen LogP contribution is 2.54. The van der Waals surface area contributed by atoms with E-state index in [1.54, 1.807) is 0 Å². The standard InChI is InChI=1S/C26H28N2O2/c29-23(22-17-21(22)19-7-3-1-4-8-19)27-15-16-28(25(18-27)11-12-25)24(30)26(13-14-26)20-9-5-2-6-10-20/h1-10,21-22H,11-18H2. The lowest BCUT2D eigenvalue weighted by Gasteiger charge is -2.44. The molecule has 2 unspecified atom stereocenters. The summed E-state index contributed by atoms with van der Waals surface area (Å²) in [7, 11) is 0. The molecule has 0 radical (unpaired) electrons. The van der Waals surface area contributed by atoms with Gasteiger partial charge in [0.15, 0.2) is 0 Å². The highest BCUT2D eigenvalue weighted by Gasteiger charge is 2.61. The molecule has 0 N–H and O–H groups in total. The maximum absolute atomic E-state index is 13.6. The van der Waals surface area contributed by atoms with Crippen LogP contribution in [0.3, 0.4) is 0 Å². The van der Waals surface area contributed by atoms with Crippen molar-refractivity contribution in [3.63, 3.8) is 0 Å². The number of piperazine rings is 1. The first-order valence-corrected chi connectivity index (χ1v) is 11.3. The van der Waals surface area contributed by atoms with E-state index in [1.165, 1.54) is 5.56 Å². The molecule has 4 aliphatic rings. The monoisotopic (exact) mass is 400 g/mol. The molecule has 154 valence electrons. The Labute approximate surface area is 177 Å². The van der Waals surface area contributed by atoms with Gasteiger partial charge < -0.3 is 9.80 Å². The van der Waals surface area contributed by atoms with Crippen molar-refractivity contribution < 1.29 is 9.59 Å². The minimum absolute atomic E-state index is 0.105. The van der Waals surface area contributed by atoms with Crippen molar-refractivity contribution in [2.45, 2.75) is 49.0 Å². The lowest BCUT2D eigenvalue weighted by atomic mass is 9.92. The van der Waals surface area contributed by atoms with Crippen molar-refractivity contribution >= 4 is 11.8 Å². The van der Waals surface area contributed by atoms with Crippen LogP contribution >= 0.6 is 0 Å². The van der Waals surface area contributed by atoms with Gasteiger partial charge in [-0.05, 0) is 49.1 Å². The summed E-state index contributed by atoms with van der Waals surface area (Å²) in [6.07, 6.45) is 4.92. The molecule has 4 fully saturated rings. The van der Waals surface area contributed by atoms with Crippen LogP contribution in [-0.4, -0.2) is 46.8 Å². The second-order valence-corrected chi connectivity index (χ2v) is 9.75. The number of nitrogens with zero attached hydrogens (tertiary/aromatic N) is 2. The van der Waals surface area contributed by atoms with Crippen molar-refractivity contribution in [1.82, 2.24) is 9.80 Å². The van der Waals surface area contributed by atoms with Gasteiger partial charge >= 0.3 is 0 Å². The van der Waals surface area contributed by atoms with Crippen LogP contribution < -0.4 is 0 Å². The molecule has 1 heterocycles. The van der Waals surface area contributed by atoms with Gasteiger partial charge in [0.25, 0.3) is 0 Å². The molecular formula is C26H28N2O2. The molecule has 1 saturated heterocycles. The third-order valence-electron chi connectivity index (χ3n) is 7.86. The van der Waals surface area contributed by atoms with Crippen molar-refractivity contribution in [3.8, 4) is 0 Å². The van der Waals surface area contributed by atoms with Crippen molar-refractivity contribution in [2.24, 2.45) is 5.92 Å².